The van der Waals surface area contributed by atoms with E-state index in [1.54, 1.807) is 0 Å². The minimum Gasteiger partial charge on any atom is -0.382 e. The summed E-state index contributed by atoms with van der Waals surface area (Å²) in [6.45, 7) is 8.25. The van der Waals surface area contributed by atoms with Crippen molar-refractivity contribution in [3.63, 3.8) is 0 Å². The van der Waals surface area contributed by atoms with Crippen LogP contribution in [0.3, 0.4) is 0 Å². The monoisotopic (exact) mass is 258 g/mol. The minimum absolute atomic E-state index is 0.618. The Bertz CT molecular complexity index is 455. The van der Waals surface area contributed by atoms with E-state index in [9.17, 15) is 0 Å². The van der Waals surface area contributed by atoms with E-state index in [4.69, 9.17) is 0 Å². The van der Waals surface area contributed by atoms with Crippen LogP contribution in [0.1, 0.15) is 45.6 Å². The molecule has 19 heavy (non-hydrogen) atoms. The van der Waals surface area contributed by atoms with Crippen molar-refractivity contribution in [3.8, 4) is 0 Å². The lowest BCUT2D eigenvalue weighted by atomic mass is 9.91. The summed E-state index contributed by atoms with van der Waals surface area (Å²) < 4.78 is 0. The molecule has 2 heterocycles. The van der Waals surface area contributed by atoms with Crippen LogP contribution in [0.25, 0.3) is 0 Å². The SMILES string of the molecule is CC1CCc2cc(N3CCCC(C)C3C)ccc2N1. The number of piperidine rings is 1. The second-order valence-corrected chi connectivity index (χ2v) is 6.48. The molecule has 0 aliphatic carbocycles. The summed E-state index contributed by atoms with van der Waals surface area (Å²) in [5.74, 6) is 0.808. The number of hydrogen-bond acceptors (Lipinski definition) is 2. The summed E-state index contributed by atoms with van der Waals surface area (Å²) in [4.78, 5) is 2.60. The molecule has 3 atom stereocenters. The van der Waals surface area contributed by atoms with Crippen LogP contribution >= 0.6 is 0 Å². The molecule has 3 rings (SSSR count). The van der Waals surface area contributed by atoms with Gasteiger partial charge in [0.05, 0.1) is 0 Å². The first kappa shape index (κ1) is 12.8. The van der Waals surface area contributed by atoms with E-state index in [0.29, 0.717) is 12.1 Å². The third-order valence-corrected chi connectivity index (χ3v) is 5.04. The van der Waals surface area contributed by atoms with Gasteiger partial charge in [0.15, 0.2) is 0 Å². The Morgan fingerprint density at radius 3 is 2.84 bits per heavy atom. The lowest BCUT2D eigenvalue weighted by Crippen LogP contribution is -2.42. The smallest absolute Gasteiger partial charge is 0.0376 e. The maximum absolute atomic E-state index is 3.59. The highest BCUT2D eigenvalue weighted by Crippen LogP contribution is 2.33. The van der Waals surface area contributed by atoms with E-state index < -0.39 is 0 Å². The van der Waals surface area contributed by atoms with Crippen LogP contribution in [0.2, 0.25) is 0 Å². The predicted molar refractivity (Wildman–Crippen MR) is 83.1 cm³/mol. The molecule has 1 saturated heterocycles. The summed E-state index contributed by atoms with van der Waals surface area (Å²) in [5.41, 5.74) is 4.27. The molecule has 0 spiro atoms. The molecule has 0 amide bonds. The molecule has 2 heteroatoms. The van der Waals surface area contributed by atoms with Crippen LogP contribution in [0.5, 0.6) is 0 Å². The average Bonchev–Trinajstić information content (AvgIpc) is 2.41. The number of hydrogen-bond donors (Lipinski definition) is 1. The lowest BCUT2D eigenvalue weighted by molar-refractivity contribution is 0.363. The normalized spacial score (nSPS) is 30.7. The van der Waals surface area contributed by atoms with Gasteiger partial charge in [-0.05, 0) is 69.2 Å². The predicted octanol–water partition coefficient (Wildman–Crippen LogP) is 4.06. The van der Waals surface area contributed by atoms with E-state index in [2.05, 4.69) is 49.2 Å². The molecule has 2 aliphatic heterocycles. The molecular weight excluding hydrogens is 232 g/mol. The number of anilines is 2. The third-order valence-electron chi connectivity index (χ3n) is 5.04. The van der Waals surface area contributed by atoms with Gasteiger partial charge in [0, 0.05) is 30.0 Å². The zero-order chi connectivity index (χ0) is 13.4. The lowest BCUT2D eigenvalue weighted by Gasteiger charge is -2.40. The summed E-state index contributed by atoms with van der Waals surface area (Å²) in [7, 11) is 0. The second-order valence-electron chi connectivity index (χ2n) is 6.48. The molecule has 1 aromatic rings. The van der Waals surface area contributed by atoms with Gasteiger partial charge in [0.2, 0.25) is 0 Å². The van der Waals surface area contributed by atoms with Crippen LogP contribution in [0.15, 0.2) is 18.2 Å². The van der Waals surface area contributed by atoms with Crippen molar-refractivity contribution in [2.45, 2.75) is 58.5 Å². The van der Waals surface area contributed by atoms with E-state index in [1.165, 1.54) is 49.2 Å². The Kier molecular flexibility index (Phi) is 3.42. The minimum atomic E-state index is 0.618. The first-order valence-corrected chi connectivity index (χ1v) is 7.81. The highest BCUT2D eigenvalue weighted by atomic mass is 15.2. The van der Waals surface area contributed by atoms with Crippen molar-refractivity contribution < 1.29 is 0 Å². The fraction of sp³-hybridized carbons (Fsp3) is 0.647. The van der Waals surface area contributed by atoms with Gasteiger partial charge >= 0.3 is 0 Å². The zero-order valence-electron chi connectivity index (χ0n) is 12.4. The molecule has 0 aromatic heterocycles. The molecule has 104 valence electrons. The molecule has 1 aromatic carbocycles. The Morgan fingerprint density at radius 1 is 1.16 bits per heavy atom. The maximum atomic E-state index is 3.59. The Balaban J connectivity index is 1.85. The van der Waals surface area contributed by atoms with Crippen molar-refractivity contribution in [1.29, 1.82) is 0 Å². The summed E-state index contributed by atoms with van der Waals surface area (Å²) in [6.07, 6.45) is 5.18. The largest absolute Gasteiger partial charge is 0.382 e. The van der Waals surface area contributed by atoms with Gasteiger partial charge in [0.1, 0.15) is 0 Å². The molecule has 0 radical (unpaired) electrons. The van der Waals surface area contributed by atoms with Crippen molar-refractivity contribution in [2.24, 2.45) is 5.92 Å². The Hall–Kier alpha value is -1.18. The number of rotatable bonds is 1. The first-order chi connectivity index (χ1) is 9.15. The van der Waals surface area contributed by atoms with Crippen molar-refractivity contribution >= 4 is 11.4 Å². The van der Waals surface area contributed by atoms with Crippen LogP contribution < -0.4 is 10.2 Å². The number of benzene rings is 1. The van der Waals surface area contributed by atoms with Gasteiger partial charge in [0.25, 0.3) is 0 Å². The summed E-state index contributed by atoms with van der Waals surface area (Å²) >= 11 is 0. The maximum Gasteiger partial charge on any atom is 0.0376 e. The molecule has 0 saturated carbocycles. The average molecular weight is 258 g/mol. The van der Waals surface area contributed by atoms with Gasteiger partial charge in [-0.2, -0.15) is 0 Å². The van der Waals surface area contributed by atoms with Crippen molar-refractivity contribution in [3.05, 3.63) is 23.8 Å². The van der Waals surface area contributed by atoms with Gasteiger partial charge in [-0.25, -0.2) is 0 Å². The van der Waals surface area contributed by atoms with E-state index in [0.717, 1.165) is 5.92 Å². The molecular formula is C17H26N2. The summed E-state index contributed by atoms with van der Waals surface area (Å²) in [5, 5.41) is 3.59. The zero-order valence-corrected chi connectivity index (χ0v) is 12.4. The van der Waals surface area contributed by atoms with E-state index in [-0.39, 0.29) is 0 Å². The third kappa shape index (κ3) is 2.45. The second kappa shape index (κ2) is 5.07. The molecule has 2 aliphatic rings. The molecule has 1 N–H and O–H groups in total. The topological polar surface area (TPSA) is 15.3 Å². The van der Waals surface area contributed by atoms with Crippen LogP contribution in [0.4, 0.5) is 11.4 Å². The Morgan fingerprint density at radius 2 is 2.00 bits per heavy atom. The standard InChI is InChI=1S/C17H26N2/c1-12-5-4-10-19(14(12)3)16-8-9-17-15(11-16)7-6-13(2)18-17/h8-9,11-14,18H,4-7,10H2,1-3H3. The van der Waals surface area contributed by atoms with E-state index in [1.807, 2.05) is 0 Å². The van der Waals surface area contributed by atoms with Crippen LogP contribution in [-0.4, -0.2) is 18.6 Å². The Labute approximate surface area is 117 Å². The van der Waals surface area contributed by atoms with Crippen LogP contribution in [-0.2, 0) is 6.42 Å². The molecule has 3 unspecified atom stereocenters. The van der Waals surface area contributed by atoms with Gasteiger partial charge in [-0.1, -0.05) is 6.92 Å². The summed E-state index contributed by atoms with van der Waals surface area (Å²) in [6, 6.07) is 8.29. The molecule has 0 bridgehead atoms. The highest BCUT2D eigenvalue weighted by Gasteiger charge is 2.25. The number of fused-ring (bicyclic) bond motifs is 1. The van der Waals surface area contributed by atoms with Gasteiger partial charge < -0.3 is 10.2 Å². The first-order valence-electron chi connectivity index (χ1n) is 7.81. The number of nitrogens with one attached hydrogen (secondary N) is 1. The fourth-order valence-electron chi connectivity index (χ4n) is 3.52. The fourth-order valence-corrected chi connectivity index (χ4v) is 3.52. The van der Waals surface area contributed by atoms with Crippen molar-refractivity contribution in [2.75, 3.05) is 16.8 Å². The number of nitrogens with zero attached hydrogens (tertiary/aromatic N) is 1. The van der Waals surface area contributed by atoms with E-state index >= 15 is 0 Å². The van der Waals surface area contributed by atoms with Crippen LogP contribution in [0, 0.1) is 5.92 Å². The van der Waals surface area contributed by atoms with Gasteiger partial charge in [-0.3, -0.25) is 0 Å². The van der Waals surface area contributed by atoms with Gasteiger partial charge in [-0.15, -0.1) is 0 Å². The van der Waals surface area contributed by atoms with Crippen molar-refractivity contribution in [1.82, 2.24) is 0 Å². The highest BCUT2D eigenvalue weighted by molar-refractivity contribution is 5.62. The molecule has 1 fully saturated rings. The quantitative estimate of drug-likeness (QED) is 0.817. The molecule has 2 nitrogen and oxygen atoms in total. The number of aryl methyl sites for hydroxylation is 1.